The minimum Gasteiger partial charge on any atom is -0.399 e. The number of anilines is 2. The average Bonchev–Trinajstić information content (AvgIpc) is 2.32. The van der Waals surface area contributed by atoms with E-state index in [1.807, 2.05) is 0 Å². The van der Waals surface area contributed by atoms with Crippen LogP contribution in [-0.4, -0.2) is 9.91 Å². The maximum absolute atomic E-state index is 10.7. The largest absolute Gasteiger partial charge is 0.399 e. The number of rotatable bonds is 2. The van der Waals surface area contributed by atoms with Crippen LogP contribution in [0.1, 0.15) is 0 Å². The van der Waals surface area contributed by atoms with Gasteiger partial charge in [-0.15, -0.1) is 0 Å². The van der Waals surface area contributed by atoms with E-state index in [4.69, 9.17) is 11.5 Å². The summed E-state index contributed by atoms with van der Waals surface area (Å²) in [7, 11) is 0. The van der Waals surface area contributed by atoms with Gasteiger partial charge < -0.3 is 11.5 Å². The van der Waals surface area contributed by atoms with E-state index in [-0.39, 0.29) is 5.69 Å². The van der Waals surface area contributed by atoms with Crippen molar-refractivity contribution < 1.29 is 4.92 Å². The Morgan fingerprint density at radius 1 is 1.18 bits per heavy atom. The molecule has 1 aromatic carbocycles. The topological polar surface area (TPSA) is 108 Å². The minimum atomic E-state index is -0.479. The van der Waals surface area contributed by atoms with Gasteiger partial charge in [0.25, 0.3) is 5.69 Å². The van der Waals surface area contributed by atoms with Crippen molar-refractivity contribution >= 4 is 17.1 Å². The van der Waals surface area contributed by atoms with Crippen molar-refractivity contribution in [2.24, 2.45) is 0 Å². The lowest BCUT2D eigenvalue weighted by Crippen LogP contribution is -1.95. The van der Waals surface area contributed by atoms with Crippen molar-refractivity contribution in [2.75, 3.05) is 11.5 Å². The number of hydrogen-bond acceptors (Lipinski definition) is 5. The Kier molecular flexibility index (Phi) is 2.61. The van der Waals surface area contributed by atoms with Gasteiger partial charge in [-0.2, -0.15) is 0 Å². The molecule has 0 amide bonds. The smallest absolute Gasteiger partial charge is 0.273 e. The first-order chi connectivity index (χ1) is 8.08. The molecular formula is C11H10N4O2. The molecule has 0 aliphatic carbocycles. The maximum Gasteiger partial charge on any atom is 0.273 e. The van der Waals surface area contributed by atoms with Crippen LogP contribution in [0.25, 0.3) is 11.3 Å². The van der Waals surface area contributed by atoms with E-state index in [2.05, 4.69) is 4.98 Å². The van der Waals surface area contributed by atoms with E-state index in [0.717, 1.165) is 0 Å². The van der Waals surface area contributed by atoms with Crippen LogP contribution in [0, 0.1) is 10.1 Å². The van der Waals surface area contributed by atoms with Gasteiger partial charge in [0.2, 0.25) is 0 Å². The van der Waals surface area contributed by atoms with Crippen LogP contribution >= 0.6 is 0 Å². The van der Waals surface area contributed by atoms with Crippen molar-refractivity contribution in [2.45, 2.75) is 0 Å². The highest BCUT2D eigenvalue weighted by Crippen LogP contribution is 2.28. The highest BCUT2D eigenvalue weighted by atomic mass is 16.6. The molecule has 2 aromatic rings. The van der Waals surface area contributed by atoms with Crippen LogP contribution in [0.5, 0.6) is 0 Å². The fraction of sp³-hybridized carbons (Fsp3) is 0. The molecule has 4 N–H and O–H groups in total. The second-order valence-corrected chi connectivity index (χ2v) is 3.50. The van der Waals surface area contributed by atoms with Crippen molar-refractivity contribution in [3.8, 4) is 11.3 Å². The number of hydrogen-bond donors (Lipinski definition) is 2. The number of pyridine rings is 1. The minimum absolute atomic E-state index is 0.0307. The quantitative estimate of drug-likeness (QED) is 0.464. The Bertz CT molecular complexity index is 583. The van der Waals surface area contributed by atoms with Gasteiger partial charge in [0.1, 0.15) is 0 Å². The summed E-state index contributed by atoms with van der Waals surface area (Å²) in [5.41, 5.74) is 13.4. The molecular weight excluding hydrogens is 220 g/mol. The fourth-order valence-corrected chi connectivity index (χ4v) is 1.48. The number of nitrogens with two attached hydrogens (primary N) is 2. The molecule has 2 rings (SSSR count). The molecule has 0 saturated carbocycles. The number of nitro groups is 1. The predicted molar refractivity (Wildman–Crippen MR) is 65.2 cm³/mol. The first kappa shape index (κ1) is 10.9. The summed E-state index contributed by atoms with van der Waals surface area (Å²) in [6.07, 6.45) is 1.37. The molecule has 0 atom stereocenters. The standard InChI is InChI=1S/C11H10N4O2/c12-7-1-2-10(13)9(5-7)11-6-8(15(16)17)3-4-14-11/h1-6H,12-13H2. The van der Waals surface area contributed by atoms with E-state index in [9.17, 15) is 10.1 Å². The van der Waals surface area contributed by atoms with Gasteiger partial charge >= 0.3 is 0 Å². The van der Waals surface area contributed by atoms with Gasteiger partial charge in [-0.25, -0.2) is 0 Å². The molecule has 1 heterocycles. The lowest BCUT2D eigenvalue weighted by Gasteiger charge is -2.05. The second kappa shape index (κ2) is 4.09. The van der Waals surface area contributed by atoms with Crippen LogP contribution < -0.4 is 11.5 Å². The average molecular weight is 230 g/mol. The Hall–Kier alpha value is -2.63. The van der Waals surface area contributed by atoms with Crippen molar-refractivity contribution in [1.82, 2.24) is 4.98 Å². The normalized spacial score (nSPS) is 10.1. The van der Waals surface area contributed by atoms with E-state index < -0.39 is 4.92 Å². The van der Waals surface area contributed by atoms with Gasteiger partial charge in [0.15, 0.2) is 0 Å². The Morgan fingerprint density at radius 2 is 1.94 bits per heavy atom. The monoisotopic (exact) mass is 230 g/mol. The zero-order valence-corrected chi connectivity index (χ0v) is 8.83. The summed E-state index contributed by atoms with van der Waals surface area (Å²) in [5.74, 6) is 0. The molecule has 0 spiro atoms. The number of nitrogen functional groups attached to an aromatic ring is 2. The van der Waals surface area contributed by atoms with Crippen LogP contribution in [0.3, 0.4) is 0 Å². The molecule has 0 fully saturated rings. The third-order valence-electron chi connectivity index (χ3n) is 2.31. The van der Waals surface area contributed by atoms with Crippen LogP contribution in [0.4, 0.5) is 17.1 Å². The molecule has 6 heteroatoms. The molecule has 0 aliphatic rings. The molecule has 0 bridgehead atoms. The molecule has 0 aliphatic heterocycles. The summed E-state index contributed by atoms with van der Waals surface area (Å²) in [6.45, 7) is 0. The number of aromatic nitrogens is 1. The van der Waals surface area contributed by atoms with E-state index in [1.54, 1.807) is 18.2 Å². The molecule has 0 radical (unpaired) electrons. The Labute approximate surface area is 97.0 Å². The third-order valence-corrected chi connectivity index (χ3v) is 2.31. The van der Waals surface area contributed by atoms with Crippen molar-refractivity contribution in [3.05, 3.63) is 46.6 Å². The molecule has 0 saturated heterocycles. The zero-order chi connectivity index (χ0) is 12.4. The van der Waals surface area contributed by atoms with Gasteiger partial charge in [0, 0.05) is 35.3 Å². The second-order valence-electron chi connectivity index (χ2n) is 3.50. The number of benzene rings is 1. The summed E-state index contributed by atoms with van der Waals surface area (Å²) in [5, 5.41) is 10.7. The fourth-order valence-electron chi connectivity index (χ4n) is 1.48. The first-order valence-electron chi connectivity index (χ1n) is 4.84. The molecule has 0 unspecified atom stereocenters. The van der Waals surface area contributed by atoms with Gasteiger partial charge in [0.05, 0.1) is 10.6 Å². The lowest BCUT2D eigenvalue weighted by molar-refractivity contribution is -0.384. The summed E-state index contributed by atoms with van der Waals surface area (Å²) < 4.78 is 0. The highest BCUT2D eigenvalue weighted by Gasteiger charge is 2.10. The lowest BCUT2D eigenvalue weighted by atomic mass is 10.1. The zero-order valence-electron chi connectivity index (χ0n) is 8.83. The first-order valence-corrected chi connectivity index (χ1v) is 4.84. The summed E-state index contributed by atoms with van der Waals surface area (Å²) in [6, 6.07) is 7.64. The third kappa shape index (κ3) is 2.15. The summed E-state index contributed by atoms with van der Waals surface area (Å²) in [4.78, 5) is 14.2. The number of nitrogens with zero attached hydrogens (tertiary/aromatic N) is 2. The van der Waals surface area contributed by atoms with Crippen LogP contribution in [-0.2, 0) is 0 Å². The highest BCUT2D eigenvalue weighted by molar-refractivity contribution is 5.77. The molecule has 86 valence electrons. The van der Waals surface area contributed by atoms with Crippen LogP contribution in [0.15, 0.2) is 36.5 Å². The van der Waals surface area contributed by atoms with Crippen molar-refractivity contribution in [3.63, 3.8) is 0 Å². The maximum atomic E-state index is 10.7. The van der Waals surface area contributed by atoms with E-state index >= 15 is 0 Å². The van der Waals surface area contributed by atoms with E-state index in [0.29, 0.717) is 22.6 Å². The molecule has 17 heavy (non-hydrogen) atoms. The Balaban J connectivity index is 2.56. The SMILES string of the molecule is Nc1ccc(N)c(-c2cc([N+](=O)[O-])ccn2)c1. The molecule has 1 aromatic heterocycles. The predicted octanol–water partition coefficient (Wildman–Crippen LogP) is 1.82. The Morgan fingerprint density at radius 3 is 2.65 bits per heavy atom. The van der Waals surface area contributed by atoms with Gasteiger partial charge in [-0.1, -0.05) is 0 Å². The summed E-state index contributed by atoms with van der Waals surface area (Å²) >= 11 is 0. The molecule has 6 nitrogen and oxygen atoms in total. The van der Waals surface area contributed by atoms with Crippen molar-refractivity contribution in [1.29, 1.82) is 0 Å². The van der Waals surface area contributed by atoms with Crippen LogP contribution in [0.2, 0.25) is 0 Å². The van der Waals surface area contributed by atoms with E-state index in [1.165, 1.54) is 18.3 Å². The van der Waals surface area contributed by atoms with Gasteiger partial charge in [-0.05, 0) is 18.2 Å². The van der Waals surface area contributed by atoms with Gasteiger partial charge in [-0.3, -0.25) is 15.1 Å².